The van der Waals surface area contributed by atoms with Gasteiger partial charge in [-0.15, -0.1) is 0 Å². The predicted octanol–water partition coefficient (Wildman–Crippen LogP) is 3.59. The van der Waals surface area contributed by atoms with Crippen molar-refractivity contribution in [2.24, 2.45) is 5.10 Å². The van der Waals surface area contributed by atoms with E-state index in [1.807, 2.05) is 6.07 Å². The zero-order valence-corrected chi connectivity index (χ0v) is 18.8. The summed E-state index contributed by atoms with van der Waals surface area (Å²) in [4.78, 5) is 12.5. The van der Waals surface area contributed by atoms with Gasteiger partial charge in [0.1, 0.15) is 18.4 Å². The molecule has 3 rings (SSSR count). The van der Waals surface area contributed by atoms with Crippen LogP contribution in [-0.2, 0) is 14.8 Å². The molecule has 3 aromatic carbocycles. The van der Waals surface area contributed by atoms with Crippen molar-refractivity contribution in [2.45, 2.75) is 4.90 Å². The van der Waals surface area contributed by atoms with E-state index >= 15 is 0 Å². The molecule has 0 fully saturated rings. The van der Waals surface area contributed by atoms with Crippen molar-refractivity contribution in [3.8, 4) is 11.8 Å². The van der Waals surface area contributed by atoms with Crippen molar-refractivity contribution in [1.29, 1.82) is 5.26 Å². The van der Waals surface area contributed by atoms with E-state index in [1.165, 1.54) is 30.5 Å². The number of para-hydroxylation sites is 1. The maximum Gasteiger partial charge on any atom is 0.264 e. The molecule has 33 heavy (non-hydrogen) atoms. The van der Waals surface area contributed by atoms with Crippen LogP contribution in [0.15, 0.2) is 88.9 Å². The molecule has 0 unspecified atom stereocenters. The highest BCUT2D eigenvalue weighted by Crippen LogP contribution is 2.24. The third kappa shape index (κ3) is 6.55. The summed E-state index contributed by atoms with van der Waals surface area (Å²) in [6.45, 7) is -0.534. The molecule has 8 nitrogen and oxygen atoms in total. The Labute approximate surface area is 196 Å². The van der Waals surface area contributed by atoms with Crippen LogP contribution in [0.3, 0.4) is 0 Å². The molecule has 0 heterocycles. The van der Waals surface area contributed by atoms with Gasteiger partial charge in [-0.1, -0.05) is 29.8 Å². The van der Waals surface area contributed by atoms with Crippen LogP contribution < -0.4 is 14.5 Å². The Morgan fingerprint density at radius 1 is 1.06 bits per heavy atom. The number of nitriles is 1. The highest BCUT2D eigenvalue weighted by atomic mass is 35.5. The number of amides is 1. The van der Waals surface area contributed by atoms with E-state index in [0.29, 0.717) is 22.0 Å². The van der Waals surface area contributed by atoms with Gasteiger partial charge in [0.05, 0.1) is 16.8 Å². The van der Waals surface area contributed by atoms with Crippen molar-refractivity contribution in [2.75, 3.05) is 17.5 Å². The number of carbonyl (C=O) groups excluding carboxylic acids is 1. The second-order valence-electron chi connectivity index (χ2n) is 6.61. The van der Waals surface area contributed by atoms with Gasteiger partial charge in [0.2, 0.25) is 0 Å². The molecule has 0 atom stereocenters. The fourth-order valence-electron chi connectivity index (χ4n) is 2.75. The number of anilines is 1. The topological polar surface area (TPSA) is 112 Å². The Morgan fingerprint density at radius 2 is 1.73 bits per heavy atom. The number of ether oxygens (including phenoxy) is 1. The molecule has 0 saturated heterocycles. The summed E-state index contributed by atoms with van der Waals surface area (Å²) < 4.78 is 32.6. The summed E-state index contributed by atoms with van der Waals surface area (Å²) in [6.07, 6.45) is 1.41. The van der Waals surface area contributed by atoms with Crippen LogP contribution in [0.2, 0.25) is 5.02 Å². The van der Waals surface area contributed by atoms with Gasteiger partial charge < -0.3 is 4.74 Å². The molecule has 1 N–H and O–H groups in total. The zero-order valence-electron chi connectivity index (χ0n) is 17.3. The zero-order chi connectivity index (χ0) is 23.7. The van der Waals surface area contributed by atoms with Gasteiger partial charge in [0.15, 0.2) is 6.61 Å². The highest BCUT2D eigenvalue weighted by molar-refractivity contribution is 7.92. The largest absolute Gasteiger partial charge is 0.479 e. The van der Waals surface area contributed by atoms with Crippen LogP contribution in [0.4, 0.5) is 5.69 Å². The first-order valence-electron chi connectivity index (χ1n) is 9.65. The average Bonchev–Trinajstić information content (AvgIpc) is 2.83. The normalized spacial score (nSPS) is 11.0. The van der Waals surface area contributed by atoms with Gasteiger partial charge in [-0.05, 0) is 66.2 Å². The Kier molecular flexibility index (Phi) is 8.02. The number of nitrogens with zero attached hydrogens (tertiary/aromatic N) is 3. The molecule has 168 valence electrons. The second kappa shape index (κ2) is 11.1. The summed E-state index contributed by atoms with van der Waals surface area (Å²) in [7, 11) is -4.03. The van der Waals surface area contributed by atoms with E-state index in [1.54, 1.807) is 54.6 Å². The minimum atomic E-state index is -4.03. The monoisotopic (exact) mass is 482 g/mol. The Hall–Kier alpha value is -3.87. The average molecular weight is 483 g/mol. The Morgan fingerprint density at radius 3 is 2.36 bits per heavy atom. The quantitative estimate of drug-likeness (QED) is 0.370. The highest BCUT2D eigenvalue weighted by Gasteiger charge is 2.27. The van der Waals surface area contributed by atoms with Crippen LogP contribution in [0, 0.1) is 11.3 Å². The lowest BCUT2D eigenvalue weighted by atomic mass is 10.2. The maximum absolute atomic E-state index is 13.2. The number of rotatable bonds is 9. The fraction of sp³-hybridized carbons (Fsp3) is 0.0870. The third-order valence-corrected chi connectivity index (χ3v) is 6.36. The van der Waals surface area contributed by atoms with Gasteiger partial charge in [-0.2, -0.15) is 10.4 Å². The Balaban J connectivity index is 1.72. The SMILES string of the molecule is N#CCOc1ccc(/C=N\NC(=O)CN(c2ccccc2)S(=O)(=O)c2ccc(Cl)cc2)cc1. The maximum atomic E-state index is 13.2. The molecule has 0 radical (unpaired) electrons. The lowest BCUT2D eigenvalue weighted by Gasteiger charge is -2.23. The number of hydrogen-bond acceptors (Lipinski definition) is 6. The van der Waals surface area contributed by atoms with Crippen molar-refractivity contribution < 1.29 is 17.9 Å². The van der Waals surface area contributed by atoms with Gasteiger partial charge in [0, 0.05) is 5.02 Å². The van der Waals surface area contributed by atoms with Crippen molar-refractivity contribution in [1.82, 2.24) is 5.43 Å². The van der Waals surface area contributed by atoms with E-state index in [0.717, 1.165) is 4.31 Å². The second-order valence-corrected chi connectivity index (χ2v) is 8.91. The number of nitrogens with one attached hydrogen (secondary N) is 1. The van der Waals surface area contributed by atoms with Crippen LogP contribution in [0.5, 0.6) is 5.75 Å². The number of hydrogen-bond donors (Lipinski definition) is 1. The lowest BCUT2D eigenvalue weighted by molar-refractivity contribution is -0.119. The molecule has 0 aromatic heterocycles. The van der Waals surface area contributed by atoms with Crippen LogP contribution >= 0.6 is 11.6 Å². The van der Waals surface area contributed by atoms with Crippen molar-refractivity contribution >= 4 is 39.4 Å². The summed E-state index contributed by atoms with van der Waals surface area (Å²) >= 11 is 5.87. The summed E-state index contributed by atoms with van der Waals surface area (Å²) in [6, 6.07) is 22.6. The van der Waals surface area contributed by atoms with Gasteiger partial charge in [-0.3, -0.25) is 9.10 Å². The summed E-state index contributed by atoms with van der Waals surface area (Å²) in [5.41, 5.74) is 3.35. The molecule has 0 aliphatic carbocycles. The molecule has 0 saturated carbocycles. The van der Waals surface area contributed by atoms with Crippen LogP contribution in [0.1, 0.15) is 5.56 Å². The third-order valence-electron chi connectivity index (χ3n) is 4.32. The van der Waals surface area contributed by atoms with Gasteiger partial charge >= 0.3 is 0 Å². The first-order valence-corrected chi connectivity index (χ1v) is 11.5. The molecule has 1 amide bonds. The first kappa shape index (κ1) is 23.8. The number of halogens is 1. The fourth-order valence-corrected chi connectivity index (χ4v) is 4.30. The first-order chi connectivity index (χ1) is 15.9. The summed E-state index contributed by atoms with van der Waals surface area (Å²) in [5, 5.41) is 12.8. The summed E-state index contributed by atoms with van der Waals surface area (Å²) in [5.74, 6) is -0.0924. The van der Waals surface area contributed by atoms with Gasteiger partial charge in [0.25, 0.3) is 15.9 Å². The van der Waals surface area contributed by atoms with Crippen molar-refractivity contribution in [3.63, 3.8) is 0 Å². The molecule has 0 spiro atoms. The Bertz CT molecular complexity index is 1260. The van der Waals surface area contributed by atoms with Crippen LogP contribution in [0.25, 0.3) is 0 Å². The molecule has 3 aromatic rings. The number of benzene rings is 3. The number of carbonyl (C=O) groups is 1. The van der Waals surface area contributed by atoms with E-state index in [4.69, 9.17) is 21.6 Å². The van der Waals surface area contributed by atoms with Crippen LogP contribution in [-0.4, -0.2) is 33.7 Å². The molecule has 0 bridgehead atoms. The number of sulfonamides is 1. The van der Waals surface area contributed by atoms with E-state index < -0.39 is 22.5 Å². The number of hydrazone groups is 1. The minimum absolute atomic E-state index is 0.00533. The van der Waals surface area contributed by atoms with Gasteiger partial charge in [-0.25, -0.2) is 13.8 Å². The smallest absolute Gasteiger partial charge is 0.264 e. The molecule has 0 aliphatic rings. The molecule has 0 aliphatic heterocycles. The molecule has 10 heteroatoms. The predicted molar refractivity (Wildman–Crippen MR) is 126 cm³/mol. The van der Waals surface area contributed by atoms with E-state index in [9.17, 15) is 13.2 Å². The van der Waals surface area contributed by atoms with E-state index in [-0.39, 0.29) is 11.5 Å². The standard InChI is InChI=1S/C23H19ClN4O4S/c24-19-8-12-22(13-9-19)33(30,31)28(20-4-2-1-3-5-20)17-23(29)27-26-16-18-6-10-21(11-7-18)32-15-14-25/h1-13,16H,15,17H2,(H,27,29)/b26-16-. The lowest BCUT2D eigenvalue weighted by Crippen LogP contribution is -2.39. The molecular formula is C23H19ClN4O4S. The minimum Gasteiger partial charge on any atom is -0.479 e. The molecular weight excluding hydrogens is 464 g/mol. The van der Waals surface area contributed by atoms with Crippen molar-refractivity contribution in [3.05, 3.63) is 89.4 Å². The van der Waals surface area contributed by atoms with E-state index in [2.05, 4.69) is 10.5 Å².